The van der Waals surface area contributed by atoms with Crippen molar-refractivity contribution in [2.75, 3.05) is 13.2 Å². The van der Waals surface area contributed by atoms with E-state index in [-0.39, 0.29) is 18.1 Å². The smallest absolute Gasteiger partial charge is 0.297 e. The average Bonchev–Trinajstić information content (AvgIpc) is 2.59. The molecule has 3 rings (SSSR count). The van der Waals surface area contributed by atoms with E-state index in [1.807, 2.05) is 0 Å². The van der Waals surface area contributed by atoms with Crippen LogP contribution in [0.5, 0.6) is 11.5 Å². The van der Waals surface area contributed by atoms with E-state index < -0.39 is 16.2 Å². The van der Waals surface area contributed by atoms with Crippen molar-refractivity contribution in [2.24, 2.45) is 0 Å². The predicted molar refractivity (Wildman–Crippen MR) is 86.1 cm³/mol. The average molecular weight is 348 g/mol. The molecule has 2 aromatic rings. The summed E-state index contributed by atoms with van der Waals surface area (Å²) in [6.07, 6.45) is 0.0348. The van der Waals surface area contributed by atoms with Crippen LogP contribution in [0.2, 0.25) is 0 Å². The third kappa shape index (κ3) is 3.27. The lowest BCUT2D eigenvalue weighted by Crippen LogP contribution is -2.34. The summed E-state index contributed by atoms with van der Waals surface area (Å²) in [5, 5.41) is 0. The zero-order valence-electron chi connectivity index (χ0n) is 13.0. The van der Waals surface area contributed by atoms with Crippen molar-refractivity contribution in [1.29, 1.82) is 0 Å². The van der Waals surface area contributed by atoms with Gasteiger partial charge in [0.25, 0.3) is 10.1 Å². The van der Waals surface area contributed by atoms with Crippen molar-refractivity contribution in [2.45, 2.75) is 17.9 Å². The van der Waals surface area contributed by atoms with E-state index in [1.165, 1.54) is 6.07 Å². The summed E-state index contributed by atoms with van der Waals surface area (Å²) >= 11 is 0. The first-order valence-corrected chi connectivity index (χ1v) is 8.75. The number of ether oxygens (including phenoxy) is 2. The molecule has 0 radical (unpaired) electrons. The van der Waals surface area contributed by atoms with Crippen molar-refractivity contribution in [3.63, 3.8) is 0 Å². The maximum atomic E-state index is 12.3. The molecule has 126 valence electrons. The number of hydrogen-bond acceptors (Lipinski definition) is 6. The van der Waals surface area contributed by atoms with Crippen molar-refractivity contribution in [3.05, 3.63) is 53.6 Å². The monoisotopic (exact) mass is 348 g/mol. The van der Waals surface area contributed by atoms with E-state index in [9.17, 15) is 13.2 Å². The lowest BCUT2D eigenvalue weighted by Gasteiger charge is -2.27. The largest absolute Gasteiger partial charge is 0.486 e. The minimum Gasteiger partial charge on any atom is -0.486 e. The zero-order chi connectivity index (χ0) is 17.2. The third-order valence-electron chi connectivity index (χ3n) is 3.62. The summed E-state index contributed by atoms with van der Waals surface area (Å²) in [6, 6.07) is 11.5. The van der Waals surface area contributed by atoms with Gasteiger partial charge in [-0.25, -0.2) is 0 Å². The van der Waals surface area contributed by atoms with Gasteiger partial charge >= 0.3 is 0 Å². The highest BCUT2D eigenvalue weighted by Crippen LogP contribution is 2.34. The number of aldehydes is 1. The second kappa shape index (κ2) is 6.62. The SMILES string of the molecule is Cc1ccccc1S(=O)(=O)OCC1COc2cccc(C=O)c2O1. The molecule has 0 amide bonds. The highest BCUT2D eigenvalue weighted by molar-refractivity contribution is 7.86. The Hall–Kier alpha value is -2.38. The molecule has 1 aliphatic heterocycles. The minimum atomic E-state index is -3.89. The maximum Gasteiger partial charge on any atom is 0.297 e. The van der Waals surface area contributed by atoms with Gasteiger partial charge in [0.1, 0.15) is 13.2 Å². The van der Waals surface area contributed by atoms with Crippen LogP contribution >= 0.6 is 0 Å². The number of rotatable bonds is 5. The van der Waals surface area contributed by atoms with Crippen LogP contribution in [-0.2, 0) is 14.3 Å². The van der Waals surface area contributed by atoms with Crippen LogP contribution in [0, 0.1) is 6.92 Å². The molecule has 6 nitrogen and oxygen atoms in total. The van der Waals surface area contributed by atoms with Crippen molar-refractivity contribution in [3.8, 4) is 11.5 Å². The van der Waals surface area contributed by atoms with Gasteiger partial charge in [0.05, 0.1) is 10.5 Å². The Morgan fingerprint density at radius 1 is 1.21 bits per heavy atom. The number of aryl methyl sites for hydroxylation is 1. The fourth-order valence-corrected chi connectivity index (χ4v) is 3.56. The second-order valence-corrected chi connectivity index (χ2v) is 6.93. The van der Waals surface area contributed by atoms with Gasteiger partial charge in [0.15, 0.2) is 23.9 Å². The summed E-state index contributed by atoms with van der Waals surface area (Å²) < 4.78 is 40.9. The van der Waals surface area contributed by atoms with Gasteiger partial charge in [-0.05, 0) is 30.7 Å². The first kappa shape index (κ1) is 16.5. The van der Waals surface area contributed by atoms with E-state index in [1.54, 1.807) is 43.3 Å². The normalized spacial score (nSPS) is 16.6. The Labute approximate surface area is 140 Å². The minimum absolute atomic E-state index is 0.121. The number of para-hydroxylation sites is 1. The van der Waals surface area contributed by atoms with Gasteiger partial charge in [-0.15, -0.1) is 0 Å². The molecule has 0 aromatic heterocycles. The molecular formula is C17H16O6S. The fourth-order valence-electron chi connectivity index (χ4n) is 2.40. The molecule has 1 unspecified atom stereocenters. The van der Waals surface area contributed by atoms with Gasteiger partial charge < -0.3 is 9.47 Å². The molecular weight excluding hydrogens is 332 g/mol. The van der Waals surface area contributed by atoms with Crippen LogP contribution in [-0.4, -0.2) is 34.0 Å². The van der Waals surface area contributed by atoms with Crippen molar-refractivity contribution >= 4 is 16.4 Å². The summed E-state index contributed by atoms with van der Waals surface area (Å²) in [5.74, 6) is 0.762. The van der Waals surface area contributed by atoms with Gasteiger partial charge in [-0.1, -0.05) is 24.3 Å². The van der Waals surface area contributed by atoms with Crippen LogP contribution in [0.25, 0.3) is 0 Å². The highest BCUT2D eigenvalue weighted by atomic mass is 32.2. The number of fused-ring (bicyclic) bond motifs is 1. The van der Waals surface area contributed by atoms with Gasteiger partial charge in [-0.3, -0.25) is 8.98 Å². The fraction of sp³-hybridized carbons (Fsp3) is 0.235. The molecule has 0 aliphatic carbocycles. The molecule has 24 heavy (non-hydrogen) atoms. The van der Waals surface area contributed by atoms with Crippen molar-refractivity contribution in [1.82, 2.24) is 0 Å². The Balaban J connectivity index is 1.72. The van der Waals surface area contributed by atoms with E-state index >= 15 is 0 Å². The molecule has 0 fully saturated rings. The van der Waals surface area contributed by atoms with E-state index in [0.29, 0.717) is 28.9 Å². The van der Waals surface area contributed by atoms with E-state index in [2.05, 4.69) is 0 Å². The molecule has 0 saturated carbocycles. The molecule has 1 aliphatic rings. The molecule has 0 saturated heterocycles. The molecule has 0 bridgehead atoms. The molecule has 0 spiro atoms. The third-order valence-corrected chi connectivity index (χ3v) is 5.06. The zero-order valence-corrected chi connectivity index (χ0v) is 13.8. The number of carbonyl (C=O) groups is 1. The van der Waals surface area contributed by atoms with Crippen LogP contribution in [0.4, 0.5) is 0 Å². The van der Waals surface area contributed by atoms with Gasteiger partial charge in [-0.2, -0.15) is 8.42 Å². The first-order valence-electron chi connectivity index (χ1n) is 7.34. The molecule has 2 aromatic carbocycles. The Kier molecular flexibility index (Phi) is 4.55. The summed E-state index contributed by atoms with van der Waals surface area (Å²) in [5.41, 5.74) is 0.950. The number of benzene rings is 2. The van der Waals surface area contributed by atoms with E-state index in [4.69, 9.17) is 13.7 Å². The van der Waals surface area contributed by atoms with Crippen LogP contribution in [0.3, 0.4) is 0 Å². The lowest BCUT2D eigenvalue weighted by molar-refractivity contribution is 0.0544. The molecule has 0 N–H and O–H groups in total. The topological polar surface area (TPSA) is 78.9 Å². The van der Waals surface area contributed by atoms with Crippen LogP contribution < -0.4 is 9.47 Å². The number of carbonyl (C=O) groups excluding carboxylic acids is 1. The van der Waals surface area contributed by atoms with Crippen LogP contribution in [0.1, 0.15) is 15.9 Å². The maximum absolute atomic E-state index is 12.3. The Bertz CT molecular complexity index is 859. The first-order chi connectivity index (χ1) is 11.5. The second-order valence-electron chi connectivity index (χ2n) is 5.35. The molecule has 7 heteroatoms. The Morgan fingerprint density at radius 2 is 2.00 bits per heavy atom. The lowest BCUT2D eigenvalue weighted by atomic mass is 10.2. The quantitative estimate of drug-likeness (QED) is 0.610. The van der Waals surface area contributed by atoms with E-state index in [0.717, 1.165) is 0 Å². The van der Waals surface area contributed by atoms with Gasteiger partial charge in [0, 0.05) is 0 Å². The highest BCUT2D eigenvalue weighted by Gasteiger charge is 2.26. The Morgan fingerprint density at radius 3 is 2.75 bits per heavy atom. The van der Waals surface area contributed by atoms with Gasteiger partial charge in [0.2, 0.25) is 0 Å². The van der Waals surface area contributed by atoms with Crippen LogP contribution in [0.15, 0.2) is 47.4 Å². The summed E-state index contributed by atoms with van der Waals surface area (Å²) in [4.78, 5) is 11.2. The molecule has 1 heterocycles. The summed E-state index contributed by atoms with van der Waals surface area (Å²) in [6.45, 7) is 1.63. The van der Waals surface area contributed by atoms with Crippen molar-refractivity contribution < 1.29 is 26.9 Å². The summed E-state index contributed by atoms with van der Waals surface area (Å²) in [7, 11) is -3.89. The molecule has 1 atom stereocenters. The predicted octanol–water partition coefficient (Wildman–Crippen LogP) is 2.35. The number of hydrogen-bond donors (Lipinski definition) is 0. The standard InChI is InChI=1S/C17H16O6S/c1-12-5-2-3-8-16(12)24(19,20)22-11-14-10-21-15-7-4-6-13(9-18)17(15)23-14/h2-9,14H,10-11H2,1H3.